The van der Waals surface area contributed by atoms with E-state index in [9.17, 15) is 26.3 Å². The van der Waals surface area contributed by atoms with E-state index < -0.39 is 23.5 Å². The number of anilines is 1. The van der Waals surface area contributed by atoms with Gasteiger partial charge in [0.15, 0.2) is 5.82 Å². The minimum Gasteiger partial charge on any atom is -0.394 e. The van der Waals surface area contributed by atoms with E-state index in [1.807, 2.05) is 13.0 Å². The molecule has 5 nitrogen and oxygen atoms in total. The largest absolute Gasteiger partial charge is 0.418 e. The van der Waals surface area contributed by atoms with Gasteiger partial charge in [-0.3, -0.25) is 0 Å². The van der Waals surface area contributed by atoms with E-state index in [1.165, 1.54) is 19.2 Å². The number of alkyl halides is 6. The summed E-state index contributed by atoms with van der Waals surface area (Å²) < 4.78 is 75.5. The molecule has 0 amide bonds. The molecule has 2 heterocycles. The molecule has 0 saturated carbocycles. The summed E-state index contributed by atoms with van der Waals surface area (Å²) in [5.74, 6) is 0.294. The predicted octanol–water partition coefficient (Wildman–Crippen LogP) is 5.57. The second-order valence-electron chi connectivity index (χ2n) is 6.29. The number of aliphatic hydroxyl groups is 2. The van der Waals surface area contributed by atoms with Crippen molar-refractivity contribution in [3.8, 4) is 5.82 Å². The highest BCUT2D eigenvalue weighted by Crippen LogP contribution is 2.34. The molecular weight excluding hydrogens is 476 g/mol. The smallest absolute Gasteiger partial charge is 0.394 e. The molecular formula is C21H22ClF6N3O2. The molecule has 33 heavy (non-hydrogen) atoms. The van der Waals surface area contributed by atoms with Crippen molar-refractivity contribution < 1.29 is 36.6 Å². The minimum absolute atomic E-state index is 0.0286. The molecule has 2 aromatic heterocycles. The van der Waals surface area contributed by atoms with Crippen molar-refractivity contribution >= 4 is 17.3 Å². The van der Waals surface area contributed by atoms with Crippen LogP contribution in [0.25, 0.3) is 5.82 Å². The van der Waals surface area contributed by atoms with Crippen LogP contribution < -0.4 is 5.32 Å². The number of rotatable bonds is 3. The maximum absolute atomic E-state index is 12.4. The fraction of sp³-hybridized carbons (Fsp3) is 0.286. The molecule has 182 valence electrons. The fourth-order valence-corrected chi connectivity index (χ4v) is 2.67. The number of para-hydroxylation sites is 1. The number of aromatic nitrogens is 2. The second-order valence-corrected chi connectivity index (χ2v) is 6.69. The lowest BCUT2D eigenvalue weighted by atomic mass is 10.2. The van der Waals surface area contributed by atoms with Gasteiger partial charge in [-0.2, -0.15) is 26.3 Å². The van der Waals surface area contributed by atoms with Gasteiger partial charge in [0.25, 0.3) is 0 Å². The first-order chi connectivity index (χ1) is 15.4. The third kappa shape index (κ3) is 8.60. The van der Waals surface area contributed by atoms with Crippen molar-refractivity contribution in [3.63, 3.8) is 0 Å². The number of pyridine rings is 1. The van der Waals surface area contributed by atoms with Gasteiger partial charge in [0, 0.05) is 30.8 Å². The van der Waals surface area contributed by atoms with Crippen LogP contribution in [-0.4, -0.2) is 40.0 Å². The number of aryl methyl sites for hydroxylation is 1. The highest BCUT2D eigenvalue weighted by atomic mass is 35.5. The van der Waals surface area contributed by atoms with E-state index in [0.717, 1.165) is 24.0 Å². The lowest BCUT2D eigenvalue weighted by Gasteiger charge is -2.11. The van der Waals surface area contributed by atoms with E-state index in [-0.39, 0.29) is 23.9 Å². The molecule has 0 aliphatic rings. The standard InChI is InChI=1S/C11H8ClF3N2.C8H8F3N.C2H6O2/c1-7-3-2-4-17(7)10-9(12)5-8(6-16-10)11(13,14)15;1-12-7-5-3-2-4-6(7)8(9,10)11;3-1-2-4/h2-6H,1H3;2-5,12H,1H3;3-4H,1-2H2. The molecule has 3 aromatic rings. The van der Waals surface area contributed by atoms with Crippen LogP contribution in [0, 0.1) is 6.92 Å². The van der Waals surface area contributed by atoms with Crippen LogP contribution in [0.2, 0.25) is 5.02 Å². The summed E-state index contributed by atoms with van der Waals surface area (Å²) in [7, 11) is 1.46. The van der Waals surface area contributed by atoms with Crippen LogP contribution in [0.15, 0.2) is 54.9 Å². The Bertz CT molecular complexity index is 1000. The van der Waals surface area contributed by atoms with Crippen molar-refractivity contribution in [2.24, 2.45) is 0 Å². The number of halogens is 7. The van der Waals surface area contributed by atoms with Crippen LogP contribution in [0.4, 0.5) is 32.0 Å². The van der Waals surface area contributed by atoms with E-state index in [4.69, 9.17) is 21.8 Å². The zero-order valence-electron chi connectivity index (χ0n) is 17.5. The summed E-state index contributed by atoms with van der Waals surface area (Å²) >= 11 is 5.82. The van der Waals surface area contributed by atoms with Gasteiger partial charge in [-0.1, -0.05) is 23.7 Å². The summed E-state index contributed by atoms with van der Waals surface area (Å²) in [4.78, 5) is 3.76. The predicted molar refractivity (Wildman–Crippen MR) is 113 cm³/mol. The molecule has 1 aromatic carbocycles. The summed E-state index contributed by atoms with van der Waals surface area (Å²) in [6.45, 7) is 1.57. The topological polar surface area (TPSA) is 70.3 Å². The van der Waals surface area contributed by atoms with Gasteiger partial charge in [-0.25, -0.2) is 4.98 Å². The molecule has 0 aliphatic heterocycles. The number of hydrogen-bond donors (Lipinski definition) is 3. The molecule has 0 bridgehead atoms. The second kappa shape index (κ2) is 12.5. The highest BCUT2D eigenvalue weighted by Gasteiger charge is 2.33. The Labute approximate surface area is 191 Å². The van der Waals surface area contributed by atoms with E-state index in [1.54, 1.807) is 22.9 Å². The van der Waals surface area contributed by atoms with Crippen LogP contribution >= 0.6 is 11.6 Å². The van der Waals surface area contributed by atoms with Gasteiger partial charge in [-0.15, -0.1) is 0 Å². The Morgan fingerprint density at radius 1 is 0.970 bits per heavy atom. The fourth-order valence-electron chi connectivity index (χ4n) is 2.42. The highest BCUT2D eigenvalue weighted by molar-refractivity contribution is 6.32. The first-order valence-electron chi connectivity index (χ1n) is 9.29. The lowest BCUT2D eigenvalue weighted by molar-refractivity contribution is -0.138. The Hall–Kier alpha value is -2.76. The number of nitrogens with zero attached hydrogens (tertiary/aromatic N) is 2. The first-order valence-corrected chi connectivity index (χ1v) is 9.67. The zero-order valence-corrected chi connectivity index (χ0v) is 18.3. The molecule has 3 rings (SSSR count). The number of hydrogen-bond acceptors (Lipinski definition) is 4. The SMILES string of the molecule is CNc1ccccc1C(F)(F)F.Cc1cccn1-c1ncc(C(F)(F)F)cc1Cl.OCCO. The number of aliphatic hydroxyl groups excluding tert-OH is 2. The van der Waals surface area contributed by atoms with Crippen molar-refractivity contribution in [1.29, 1.82) is 0 Å². The molecule has 0 radical (unpaired) electrons. The molecule has 0 aliphatic carbocycles. The third-order valence-corrected chi connectivity index (χ3v) is 4.21. The third-order valence-electron chi connectivity index (χ3n) is 3.93. The van der Waals surface area contributed by atoms with Gasteiger partial charge >= 0.3 is 12.4 Å². The molecule has 0 fully saturated rings. The average Bonchev–Trinajstić information content (AvgIpc) is 3.18. The Morgan fingerprint density at radius 3 is 1.97 bits per heavy atom. The first kappa shape index (κ1) is 28.3. The van der Waals surface area contributed by atoms with Gasteiger partial charge < -0.3 is 20.1 Å². The Morgan fingerprint density at radius 2 is 1.58 bits per heavy atom. The normalized spacial score (nSPS) is 11.1. The van der Waals surface area contributed by atoms with Crippen molar-refractivity contribution in [2.75, 3.05) is 25.6 Å². The van der Waals surface area contributed by atoms with E-state index in [0.29, 0.717) is 5.82 Å². The molecule has 0 saturated heterocycles. The summed E-state index contributed by atoms with van der Waals surface area (Å²) in [5.41, 5.74) is -0.535. The minimum atomic E-state index is -4.43. The van der Waals surface area contributed by atoms with Crippen molar-refractivity contribution in [3.05, 3.63) is 76.7 Å². The quantitative estimate of drug-likeness (QED) is 0.414. The Kier molecular flexibility index (Phi) is 10.7. The van der Waals surface area contributed by atoms with Crippen molar-refractivity contribution in [1.82, 2.24) is 9.55 Å². The molecule has 3 N–H and O–H groups in total. The van der Waals surface area contributed by atoms with Gasteiger partial charge in [-0.05, 0) is 37.3 Å². The van der Waals surface area contributed by atoms with Crippen LogP contribution in [0.3, 0.4) is 0 Å². The van der Waals surface area contributed by atoms with Crippen LogP contribution in [0.5, 0.6) is 0 Å². The maximum Gasteiger partial charge on any atom is 0.418 e. The van der Waals surface area contributed by atoms with Crippen LogP contribution in [-0.2, 0) is 12.4 Å². The van der Waals surface area contributed by atoms with Crippen molar-refractivity contribution in [2.45, 2.75) is 19.3 Å². The number of nitrogens with one attached hydrogen (secondary N) is 1. The van der Waals surface area contributed by atoms with E-state index >= 15 is 0 Å². The average molecular weight is 498 g/mol. The zero-order chi connectivity index (χ0) is 25.2. The van der Waals surface area contributed by atoms with Gasteiger partial charge in [0.1, 0.15) is 0 Å². The molecule has 0 spiro atoms. The number of benzene rings is 1. The lowest BCUT2D eigenvalue weighted by Crippen LogP contribution is -2.08. The van der Waals surface area contributed by atoms with E-state index in [2.05, 4.69) is 10.3 Å². The Balaban J connectivity index is 0.000000297. The summed E-state index contributed by atoms with van der Waals surface area (Å²) in [6.07, 6.45) is -6.24. The summed E-state index contributed by atoms with van der Waals surface area (Å²) in [6, 6.07) is 9.82. The molecule has 12 heteroatoms. The summed E-state index contributed by atoms with van der Waals surface area (Å²) in [5, 5.41) is 17.7. The maximum atomic E-state index is 12.4. The van der Waals surface area contributed by atoms with Crippen LogP contribution in [0.1, 0.15) is 16.8 Å². The van der Waals surface area contributed by atoms with Gasteiger partial charge in [0.05, 0.1) is 29.4 Å². The molecule has 0 atom stereocenters. The van der Waals surface area contributed by atoms with Gasteiger partial charge in [0.2, 0.25) is 0 Å². The monoisotopic (exact) mass is 497 g/mol. The molecule has 0 unspecified atom stereocenters.